The van der Waals surface area contributed by atoms with Gasteiger partial charge in [0.2, 0.25) is 0 Å². The lowest BCUT2D eigenvalue weighted by Gasteiger charge is -2.25. The Kier molecular flexibility index (Phi) is 4.60. The molecule has 1 amide bonds. The van der Waals surface area contributed by atoms with Crippen LogP contribution in [0.3, 0.4) is 0 Å². The maximum Gasteiger partial charge on any atom is 0.414 e. The number of carbonyl (C=O) groups is 2. The molecule has 2 N–H and O–H groups in total. The summed E-state index contributed by atoms with van der Waals surface area (Å²) in [6, 6.07) is 4.58. The predicted molar refractivity (Wildman–Crippen MR) is 76.8 cm³/mol. The molecule has 0 heterocycles. The van der Waals surface area contributed by atoms with Crippen LogP contribution >= 0.6 is 0 Å². The third kappa shape index (κ3) is 4.15. The topological polar surface area (TPSA) is 81.9 Å². The van der Waals surface area contributed by atoms with Crippen LogP contribution in [-0.4, -0.2) is 31.8 Å². The molecule has 0 bridgehead atoms. The molecule has 6 heteroatoms. The molecule has 6 nitrogen and oxygen atoms in total. The number of nitrogens with zero attached hydrogens (tertiary/aromatic N) is 1. The number of nitrogens with two attached hydrogens (primary N) is 1. The summed E-state index contributed by atoms with van der Waals surface area (Å²) in [6.45, 7) is 5.33. The number of benzene rings is 1. The van der Waals surface area contributed by atoms with E-state index < -0.39 is 17.7 Å². The molecule has 0 fully saturated rings. The zero-order valence-corrected chi connectivity index (χ0v) is 12.4. The number of anilines is 2. The molecule has 0 saturated heterocycles. The van der Waals surface area contributed by atoms with Crippen molar-refractivity contribution in [2.45, 2.75) is 26.4 Å². The molecular weight excluding hydrogens is 260 g/mol. The van der Waals surface area contributed by atoms with Gasteiger partial charge in [-0.25, -0.2) is 9.59 Å². The number of carbonyl (C=O) groups excluding carboxylic acids is 2. The van der Waals surface area contributed by atoms with Crippen molar-refractivity contribution in [3.05, 3.63) is 23.8 Å². The van der Waals surface area contributed by atoms with Crippen LogP contribution in [0.15, 0.2) is 18.2 Å². The number of nitrogen functional groups attached to an aromatic ring is 1. The Labute approximate surface area is 118 Å². The second-order valence-corrected chi connectivity index (χ2v) is 5.34. The van der Waals surface area contributed by atoms with E-state index >= 15 is 0 Å². The quantitative estimate of drug-likeness (QED) is 0.664. The normalized spacial score (nSPS) is 10.8. The van der Waals surface area contributed by atoms with Gasteiger partial charge in [0.05, 0.1) is 12.7 Å². The van der Waals surface area contributed by atoms with Gasteiger partial charge in [-0.15, -0.1) is 0 Å². The summed E-state index contributed by atoms with van der Waals surface area (Å²) < 4.78 is 9.89. The van der Waals surface area contributed by atoms with E-state index in [9.17, 15) is 9.59 Å². The highest BCUT2D eigenvalue weighted by Gasteiger charge is 2.21. The monoisotopic (exact) mass is 280 g/mol. The van der Waals surface area contributed by atoms with Gasteiger partial charge < -0.3 is 15.2 Å². The SMILES string of the molecule is COC(=O)c1cc(N)cc(N(C)C(=O)OC(C)(C)C)c1. The van der Waals surface area contributed by atoms with Crippen molar-refractivity contribution in [1.82, 2.24) is 0 Å². The maximum atomic E-state index is 12.0. The van der Waals surface area contributed by atoms with E-state index in [0.29, 0.717) is 11.4 Å². The zero-order chi connectivity index (χ0) is 15.5. The van der Waals surface area contributed by atoms with Crippen LogP contribution in [0, 0.1) is 0 Å². The fraction of sp³-hybridized carbons (Fsp3) is 0.429. The lowest BCUT2D eigenvalue weighted by Crippen LogP contribution is -2.34. The van der Waals surface area contributed by atoms with Crippen LogP contribution in [0.1, 0.15) is 31.1 Å². The van der Waals surface area contributed by atoms with E-state index in [1.807, 2.05) is 0 Å². The molecule has 0 unspecified atom stereocenters. The van der Waals surface area contributed by atoms with E-state index in [2.05, 4.69) is 4.74 Å². The standard InChI is InChI=1S/C14H20N2O4/c1-14(2,3)20-13(18)16(4)11-7-9(12(17)19-5)6-10(15)8-11/h6-8H,15H2,1-5H3. The fourth-order valence-electron chi connectivity index (χ4n) is 1.50. The van der Waals surface area contributed by atoms with Crippen molar-refractivity contribution in [1.29, 1.82) is 0 Å². The Morgan fingerprint density at radius 1 is 1.20 bits per heavy atom. The van der Waals surface area contributed by atoms with Crippen molar-refractivity contribution < 1.29 is 19.1 Å². The summed E-state index contributed by atoms with van der Waals surface area (Å²) in [7, 11) is 2.83. The Balaban J connectivity index is 3.04. The molecule has 0 spiro atoms. The first-order chi connectivity index (χ1) is 9.14. The van der Waals surface area contributed by atoms with Crippen LogP contribution in [0.25, 0.3) is 0 Å². The molecule has 0 atom stereocenters. The molecule has 0 aromatic heterocycles. The van der Waals surface area contributed by atoms with Gasteiger partial charge >= 0.3 is 12.1 Å². The number of amides is 1. The van der Waals surface area contributed by atoms with Gasteiger partial charge in [0.1, 0.15) is 5.60 Å². The molecule has 0 aliphatic rings. The van der Waals surface area contributed by atoms with Crippen LogP contribution in [0.2, 0.25) is 0 Å². The zero-order valence-electron chi connectivity index (χ0n) is 12.4. The van der Waals surface area contributed by atoms with Gasteiger partial charge in [-0.3, -0.25) is 4.90 Å². The summed E-state index contributed by atoms with van der Waals surface area (Å²) in [5, 5.41) is 0. The molecular formula is C14H20N2O4. The second kappa shape index (κ2) is 5.81. The van der Waals surface area contributed by atoms with Crippen LogP contribution in [0.5, 0.6) is 0 Å². The minimum Gasteiger partial charge on any atom is -0.465 e. The largest absolute Gasteiger partial charge is 0.465 e. The number of ether oxygens (including phenoxy) is 2. The highest BCUT2D eigenvalue weighted by Crippen LogP contribution is 2.22. The van der Waals surface area contributed by atoms with Gasteiger partial charge in [0, 0.05) is 18.4 Å². The van der Waals surface area contributed by atoms with E-state index in [0.717, 1.165) is 0 Å². The second-order valence-electron chi connectivity index (χ2n) is 5.34. The predicted octanol–water partition coefficient (Wildman–Crippen LogP) is 2.43. The average Bonchev–Trinajstić information content (AvgIpc) is 2.34. The highest BCUT2D eigenvalue weighted by molar-refractivity contribution is 5.94. The average molecular weight is 280 g/mol. The third-order valence-corrected chi connectivity index (χ3v) is 2.42. The minimum atomic E-state index is -0.600. The van der Waals surface area contributed by atoms with Crippen molar-refractivity contribution in [3.8, 4) is 0 Å². The van der Waals surface area contributed by atoms with Gasteiger partial charge in [0.15, 0.2) is 0 Å². The van der Waals surface area contributed by atoms with Crippen molar-refractivity contribution in [3.63, 3.8) is 0 Å². The van der Waals surface area contributed by atoms with E-state index in [4.69, 9.17) is 10.5 Å². The molecule has 0 aliphatic heterocycles. The minimum absolute atomic E-state index is 0.276. The summed E-state index contributed by atoms with van der Waals surface area (Å²) >= 11 is 0. The number of esters is 1. The fourth-order valence-corrected chi connectivity index (χ4v) is 1.50. The van der Waals surface area contributed by atoms with E-state index in [1.165, 1.54) is 24.1 Å². The third-order valence-electron chi connectivity index (χ3n) is 2.42. The van der Waals surface area contributed by atoms with Crippen molar-refractivity contribution in [2.24, 2.45) is 0 Å². The molecule has 20 heavy (non-hydrogen) atoms. The number of methoxy groups -OCH3 is 1. The van der Waals surface area contributed by atoms with Gasteiger partial charge in [-0.05, 0) is 39.0 Å². The smallest absolute Gasteiger partial charge is 0.414 e. The molecule has 1 rings (SSSR count). The molecule has 1 aromatic rings. The Hall–Kier alpha value is -2.24. The molecule has 1 aromatic carbocycles. The Bertz CT molecular complexity index is 520. The Morgan fingerprint density at radius 3 is 2.30 bits per heavy atom. The first kappa shape index (κ1) is 15.8. The number of hydrogen-bond donors (Lipinski definition) is 1. The first-order valence-electron chi connectivity index (χ1n) is 6.09. The van der Waals surface area contributed by atoms with E-state index in [-0.39, 0.29) is 5.56 Å². The molecule has 110 valence electrons. The van der Waals surface area contributed by atoms with E-state index in [1.54, 1.807) is 33.9 Å². The van der Waals surface area contributed by atoms with Crippen LogP contribution in [-0.2, 0) is 9.47 Å². The summed E-state index contributed by atoms with van der Waals surface area (Å²) in [6.07, 6.45) is -0.529. The molecule has 0 aliphatic carbocycles. The molecule has 0 saturated carbocycles. The summed E-state index contributed by atoms with van der Waals surface area (Å²) in [4.78, 5) is 24.8. The van der Waals surface area contributed by atoms with Gasteiger partial charge in [-0.1, -0.05) is 0 Å². The van der Waals surface area contributed by atoms with Crippen LogP contribution < -0.4 is 10.6 Å². The summed E-state index contributed by atoms with van der Waals surface area (Å²) in [5.41, 5.74) is 6.22. The van der Waals surface area contributed by atoms with Crippen molar-refractivity contribution in [2.75, 3.05) is 24.8 Å². The lowest BCUT2D eigenvalue weighted by atomic mass is 10.1. The number of hydrogen-bond acceptors (Lipinski definition) is 5. The van der Waals surface area contributed by atoms with Gasteiger partial charge in [0.25, 0.3) is 0 Å². The van der Waals surface area contributed by atoms with Crippen molar-refractivity contribution >= 4 is 23.4 Å². The summed E-state index contributed by atoms with van der Waals surface area (Å²) in [5.74, 6) is -0.517. The highest BCUT2D eigenvalue weighted by atomic mass is 16.6. The number of rotatable bonds is 2. The maximum absolute atomic E-state index is 12.0. The lowest BCUT2D eigenvalue weighted by molar-refractivity contribution is 0.0580. The first-order valence-corrected chi connectivity index (χ1v) is 6.09. The van der Waals surface area contributed by atoms with Crippen LogP contribution in [0.4, 0.5) is 16.2 Å². The van der Waals surface area contributed by atoms with Gasteiger partial charge in [-0.2, -0.15) is 0 Å². The molecule has 0 radical (unpaired) electrons. The Morgan fingerprint density at radius 2 is 1.80 bits per heavy atom.